The van der Waals surface area contributed by atoms with Crippen LogP contribution >= 0.6 is 11.3 Å². The molecule has 0 atom stereocenters. The van der Waals surface area contributed by atoms with Crippen molar-refractivity contribution >= 4 is 37.3 Å². The van der Waals surface area contributed by atoms with Gasteiger partial charge in [-0.2, -0.15) is 0 Å². The summed E-state index contributed by atoms with van der Waals surface area (Å²) in [5, 5.41) is 11.3. The molecule has 1 aliphatic rings. The zero-order chi connectivity index (χ0) is 23.1. The van der Waals surface area contributed by atoms with E-state index in [4.69, 9.17) is 4.98 Å². The summed E-state index contributed by atoms with van der Waals surface area (Å²) < 4.78 is 1.09. The molecule has 0 amide bonds. The average molecular weight is 453 g/mol. The molecule has 2 aromatic heterocycles. The highest BCUT2D eigenvalue weighted by Crippen LogP contribution is 2.30. The van der Waals surface area contributed by atoms with Gasteiger partial charge in [0.2, 0.25) is 0 Å². The van der Waals surface area contributed by atoms with Gasteiger partial charge < -0.3 is 15.0 Å². The number of hydrogen-bond donors (Lipinski definition) is 2. The van der Waals surface area contributed by atoms with E-state index in [1.54, 1.807) is 23.5 Å². The summed E-state index contributed by atoms with van der Waals surface area (Å²) in [7, 11) is 0. The Kier molecular flexibility index (Phi) is 8.25. The van der Waals surface area contributed by atoms with Crippen LogP contribution in [0.25, 0.3) is 20.3 Å². The second-order valence-electron chi connectivity index (χ2n) is 7.07. The zero-order valence-corrected chi connectivity index (χ0v) is 20.1. The van der Waals surface area contributed by atoms with Crippen molar-refractivity contribution in [2.45, 2.75) is 34.2 Å². The molecule has 2 aromatic carbocycles. The lowest BCUT2D eigenvalue weighted by atomic mass is 10.2. The maximum atomic E-state index is 12.6. The largest absolute Gasteiger partial charge is 0.508 e. The third-order valence-corrected chi connectivity index (χ3v) is 6.30. The van der Waals surface area contributed by atoms with Crippen LogP contribution in [0.4, 0.5) is 5.69 Å². The Labute approximate surface area is 193 Å². The summed E-state index contributed by atoms with van der Waals surface area (Å²) in [4.78, 5) is 25.7. The number of nitrogens with one attached hydrogen (secondary N) is 1. The van der Waals surface area contributed by atoms with Crippen LogP contribution in [-0.2, 0) is 6.54 Å². The summed E-state index contributed by atoms with van der Waals surface area (Å²) in [5.41, 5.74) is 0.980. The first kappa shape index (κ1) is 23.8. The van der Waals surface area contributed by atoms with Gasteiger partial charge in [0.05, 0.1) is 11.9 Å². The third-order valence-electron chi connectivity index (χ3n) is 5.24. The quantitative estimate of drug-likeness (QED) is 0.446. The molecular formula is C25H32N4O2S. The minimum Gasteiger partial charge on any atom is -0.508 e. The molecule has 5 rings (SSSR count). The van der Waals surface area contributed by atoms with Crippen molar-refractivity contribution in [1.82, 2.24) is 14.9 Å². The number of hydrogen-bond acceptors (Lipinski definition) is 6. The molecule has 1 saturated heterocycles. The SMILES string of the molecule is CC.CC.O=c1[nH]c(CN2CCN(c3cccc(O)c3)CC2)nc2sc3ccccc3c12. The van der Waals surface area contributed by atoms with E-state index in [1.165, 1.54) is 0 Å². The van der Waals surface area contributed by atoms with Gasteiger partial charge in [-0.05, 0) is 18.2 Å². The van der Waals surface area contributed by atoms with Gasteiger partial charge in [0, 0.05) is 48.0 Å². The van der Waals surface area contributed by atoms with Crippen molar-refractivity contribution in [3.63, 3.8) is 0 Å². The van der Waals surface area contributed by atoms with E-state index in [9.17, 15) is 9.90 Å². The number of piperazine rings is 1. The highest BCUT2D eigenvalue weighted by Gasteiger charge is 2.19. The minimum atomic E-state index is -0.0594. The number of H-pyrrole nitrogens is 1. The van der Waals surface area contributed by atoms with Crippen LogP contribution < -0.4 is 10.5 Å². The number of aromatic hydroxyl groups is 1. The molecule has 1 aliphatic heterocycles. The van der Waals surface area contributed by atoms with Crippen molar-refractivity contribution < 1.29 is 5.11 Å². The summed E-state index contributed by atoms with van der Waals surface area (Å²) in [6.07, 6.45) is 0. The molecular weight excluding hydrogens is 420 g/mol. The Bertz CT molecular complexity index is 1210. The van der Waals surface area contributed by atoms with Crippen LogP contribution in [0.3, 0.4) is 0 Å². The van der Waals surface area contributed by atoms with E-state index < -0.39 is 0 Å². The molecule has 0 radical (unpaired) electrons. The standard InChI is InChI=1S/C21H20N4O2S.2C2H6/c26-15-5-3-4-14(12-15)25-10-8-24(9-11-25)13-18-22-20(27)19-16-6-1-2-7-17(16)28-21(19)23-18;2*1-2/h1-7,12,26H,8-11,13H2,(H,22,23,27);2*1-2H3. The highest BCUT2D eigenvalue weighted by molar-refractivity contribution is 7.25. The summed E-state index contributed by atoms with van der Waals surface area (Å²) in [6.45, 7) is 12.1. The maximum absolute atomic E-state index is 12.6. The lowest BCUT2D eigenvalue weighted by Gasteiger charge is -2.35. The topological polar surface area (TPSA) is 72.5 Å². The average Bonchev–Trinajstić information content (AvgIpc) is 3.21. The van der Waals surface area contributed by atoms with E-state index in [2.05, 4.69) is 14.8 Å². The molecule has 1 fully saturated rings. The number of fused-ring (bicyclic) bond motifs is 3. The van der Waals surface area contributed by atoms with Gasteiger partial charge in [-0.25, -0.2) is 4.98 Å². The molecule has 2 N–H and O–H groups in total. The molecule has 0 aliphatic carbocycles. The fourth-order valence-electron chi connectivity index (χ4n) is 3.82. The normalized spacial score (nSPS) is 13.9. The molecule has 0 unspecified atom stereocenters. The first-order valence-corrected chi connectivity index (χ1v) is 12.2. The Morgan fingerprint density at radius 2 is 1.72 bits per heavy atom. The number of phenolic OH excluding ortho intramolecular Hbond substituents is 1. The van der Waals surface area contributed by atoms with Gasteiger partial charge in [-0.3, -0.25) is 9.69 Å². The van der Waals surface area contributed by atoms with Crippen LogP contribution in [0.15, 0.2) is 53.3 Å². The van der Waals surface area contributed by atoms with E-state index in [1.807, 2.05) is 64.1 Å². The van der Waals surface area contributed by atoms with Crippen molar-refractivity contribution in [3.8, 4) is 5.75 Å². The first-order valence-electron chi connectivity index (χ1n) is 11.3. The number of aromatic amines is 1. The first-order chi connectivity index (χ1) is 15.7. The van der Waals surface area contributed by atoms with E-state index in [0.29, 0.717) is 17.7 Å². The Balaban J connectivity index is 0.000000686. The van der Waals surface area contributed by atoms with Crippen LogP contribution in [0.1, 0.15) is 33.5 Å². The van der Waals surface area contributed by atoms with Crippen molar-refractivity contribution in [3.05, 3.63) is 64.7 Å². The van der Waals surface area contributed by atoms with Gasteiger partial charge in [0.15, 0.2) is 0 Å². The van der Waals surface area contributed by atoms with Crippen molar-refractivity contribution in [2.75, 3.05) is 31.1 Å². The molecule has 7 heteroatoms. The summed E-state index contributed by atoms with van der Waals surface area (Å²) in [5.74, 6) is 1.01. The highest BCUT2D eigenvalue weighted by atomic mass is 32.1. The molecule has 3 heterocycles. The van der Waals surface area contributed by atoms with E-state index >= 15 is 0 Å². The number of benzene rings is 2. The van der Waals surface area contributed by atoms with Crippen LogP contribution in [0.2, 0.25) is 0 Å². The molecule has 0 saturated carbocycles. The minimum absolute atomic E-state index is 0.0594. The fraction of sp³-hybridized carbons (Fsp3) is 0.360. The Morgan fingerprint density at radius 1 is 1.00 bits per heavy atom. The second-order valence-corrected chi connectivity index (χ2v) is 8.10. The van der Waals surface area contributed by atoms with Crippen LogP contribution in [0, 0.1) is 0 Å². The van der Waals surface area contributed by atoms with Gasteiger partial charge >= 0.3 is 0 Å². The lowest BCUT2D eigenvalue weighted by molar-refractivity contribution is 0.244. The number of thiophene rings is 1. The fourth-order valence-corrected chi connectivity index (χ4v) is 4.91. The van der Waals surface area contributed by atoms with Crippen LogP contribution in [-0.4, -0.2) is 46.2 Å². The van der Waals surface area contributed by atoms with Crippen molar-refractivity contribution in [1.29, 1.82) is 0 Å². The molecule has 4 aromatic rings. The number of aromatic nitrogens is 2. The van der Waals surface area contributed by atoms with Gasteiger partial charge in [0.1, 0.15) is 16.4 Å². The van der Waals surface area contributed by atoms with E-state index in [0.717, 1.165) is 52.6 Å². The van der Waals surface area contributed by atoms with Crippen molar-refractivity contribution in [2.24, 2.45) is 0 Å². The third kappa shape index (κ3) is 5.11. The van der Waals surface area contributed by atoms with Crippen LogP contribution in [0.5, 0.6) is 5.75 Å². The number of phenols is 1. The number of rotatable bonds is 3. The number of anilines is 1. The molecule has 0 bridgehead atoms. The Hall–Kier alpha value is -2.90. The predicted octanol–water partition coefficient (Wildman–Crippen LogP) is 5.22. The molecule has 0 spiro atoms. The molecule has 170 valence electrons. The Morgan fingerprint density at radius 3 is 2.44 bits per heavy atom. The van der Waals surface area contributed by atoms with Gasteiger partial charge in [-0.15, -0.1) is 11.3 Å². The predicted molar refractivity (Wildman–Crippen MR) is 136 cm³/mol. The molecule has 32 heavy (non-hydrogen) atoms. The molecule has 6 nitrogen and oxygen atoms in total. The number of nitrogens with zero attached hydrogens (tertiary/aromatic N) is 3. The summed E-state index contributed by atoms with van der Waals surface area (Å²) >= 11 is 1.57. The lowest BCUT2D eigenvalue weighted by Crippen LogP contribution is -2.46. The second kappa shape index (κ2) is 11.1. The monoisotopic (exact) mass is 452 g/mol. The smallest absolute Gasteiger partial charge is 0.260 e. The maximum Gasteiger partial charge on any atom is 0.260 e. The van der Waals surface area contributed by atoms with Gasteiger partial charge in [0.25, 0.3) is 5.56 Å². The van der Waals surface area contributed by atoms with E-state index in [-0.39, 0.29) is 5.56 Å². The zero-order valence-electron chi connectivity index (χ0n) is 19.3. The van der Waals surface area contributed by atoms with Gasteiger partial charge in [-0.1, -0.05) is 52.0 Å². The summed E-state index contributed by atoms with van der Waals surface area (Å²) in [6, 6.07) is 15.3.